The summed E-state index contributed by atoms with van der Waals surface area (Å²) in [6.07, 6.45) is 10.5. The zero-order valence-corrected chi connectivity index (χ0v) is 7.37. The number of rotatable bonds is 0. The molecule has 2 bridgehead atoms. The van der Waals surface area contributed by atoms with Crippen molar-refractivity contribution in [2.45, 2.75) is 6.42 Å². The van der Waals surface area contributed by atoms with Crippen LogP contribution in [0.3, 0.4) is 0 Å². The Morgan fingerprint density at radius 2 is 1.22 bits per heavy atom. The number of halogens is 1. The van der Waals surface area contributed by atoms with Crippen LogP contribution < -0.4 is 0 Å². The van der Waals surface area contributed by atoms with Gasteiger partial charge in [0.15, 0.2) is 0 Å². The van der Waals surface area contributed by atoms with E-state index in [1.807, 2.05) is 0 Å². The Kier molecular flexibility index (Phi) is 3.69. The average Bonchev–Trinajstić information content (AvgIpc) is 2.22. The van der Waals surface area contributed by atoms with Crippen LogP contribution in [0, 0.1) is 11.8 Å². The predicted octanol–water partition coefficient (Wildman–Crippen LogP) is 2.17. The summed E-state index contributed by atoms with van der Waals surface area (Å²) >= 11 is 0. The fourth-order valence-corrected chi connectivity index (χ4v) is 1.33. The molecule has 0 aliphatic heterocycles. The first-order valence-corrected chi connectivity index (χ1v) is 2.82. The van der Waals surface area contributed by atoms with Gasteiger partial charge in [-0.25, -0.2) is 0 Å². The van der Waals surface area contributed by atoms with E-state index in [1.54, 1.807) is 0 Å². The quantitative estimate of drug-likeness (QED) is 0.443. The Morgan fingerprint density at radius 3 is 1.33 bits per heavy atom. The zero-order valence-electron chi connectivity index (χ0n) is 4.91. The maximum Gasteiger partial charge on any atom is 0 e. The van der Waals surface area contributed by atoms with Crippen LogP contribution in [0.5, 0.6) is 0 Å². The van der Waals surface area contributed by atoms with E-state index in [1.165, 1.54) is 6.42 Å². The third-order valence-electron chi connectivity index (χ3n) is 1.76. The van der Waals surface area contributed by atoms with Gasteiger partial charge in [-0.15, -0.1) is 12.4 Å². The molecule has 0 saturated carbocycles. The van der Waals surface area contributed by atoms with Crippen molar-refractivity contribution < 1.29 is 19.5 Å². The van der Waals surface area contributed by atoms with Crippen LogP contribution in [0.1, 0.15) is 6.42 Å². The summed E-state index contributed by atoms with van der Waals surface area (Å²) in [6.45, 7) is 0. The SMILES string of the molecule is C1=CC2C=CC1C2.Cl.[Rh]. The Hall–Kier alpha value is 0.393. The molecule has 0 unspecified atom stereocenters. The van der Waals surface area contributed by atoms with Crippen molar-refractivity contribution >= 4 is 12.4 Å². The van der Waals surface area contributed by atoms with Gasteiger partial charge in [-0.05, 0) is 18.3 Å². The number of allylic oxidation sites excluding steroid dienone is 4. The van der Waals surface area contributed by atoms with Crippen LogP contribution in [0.25, 0.3) is 0 Å². The molecule has 0 amide bonds. The second-order valence-corrected chi connectivity index (χ2v) is 2.33. The van der Waals surface area contributed by atoms with E-state index < -0.39 is 0 Å². The molecular weight excluding hydrogens is 222 g/mol. The standard InChI is InChI=1S/C7H8.ClH.Rh/c1-2-7-4-3-6(1)5-7;;/h1-4,6-7H,5H2;1H;. The van der Waals surface area contributed by atoms with Gasteiger partial charge in [0.2, 0.25) is 0 Å². The molecule has 0 aromatic carbocycles. The molecule has 2 aliphatic carbocycles. The number of hydrogen-bond donors (Lipinski definition) is 0. The van der Waals surface area contributed by atoms with Gasteiger partial charge >= 0.3 is 0 Å². The molecule has 0 atom stereocenters. The fraction of sp³-hybridized carbons (Fsp3) is 0.429. The van der Waals surface area contributed by atoms with E-state index in [-0.39, 0.29) is 31.9 Å². The molecule has 0 fully saturated rings. The van der Waals surface area contributed by atoms with E-state index in [2.05, 4.69) is 24.3 Å². The van der Waals surface area contributed by atoms with Crippen molar-refractivity contribution in [3.05, 3.63) is 24.3 Å². The Balaban J connectivity index is 0.000000320. The third kappa shape index (κ3) is 1.66. The van der Waals surface area contributed by atoms with E-state index in [9.17, 15) is 0 Å². The van der Waals surface area contributed by atoms with Crippen LogP contribution in [0.15, 0.2) is 24.3 Å². The molecule has 2 aliphatic rings. The summed E-state index contributed by atoms with van der Waals surface area (Å²) in [5, 5.41) is 0. The van der Waals surface area contributed by atoms with E-state index in [4.69, 9.17) is 0 Å². The number of fused-ring (bicyclic) bond motifs is 2. The van der Waals surface area contributed by atoms with Gasteiger partial charge in [-0.2, -0.15) is 0 Å². The molecule has 0 heterocycles. The summed E-state index contributed by atoms with van der Waals surface area (Å²) in [6, 6.07) is 0. The Morgan fingerprint density at radius 1 is 0.889 bits per heavy atom. The van der Waals surface area contributed by atoms with Crippen molar-refractivity contribution in [2.75, 3.05) is 0 Å². The van der Waals surface area contributed by atoms with Crippen LogP contribution >= 0.6 is 12.4 Å². The molecule has 0 aromatic rings. The van der Waals surface area contributed by atoms with Crippen molar-refractivity contribution in [2.24, 2.45) is 11.8 Å². The monoisotopic (exact) mass is 231 g/mol. The zero-order chi connectivity index (χ0) is 4.69. The van der Waals surface area contributed by atoms with Crippen molar-refractivity contribution in [1.82, 2.24) is 0 Å². The maximum absolute atomic E-state index is 2.30. The van der Waals surface area contributed by atoms with Gasteiger partial charge in [0, 0.05) is 19.5 Å². The molecule has 2 rings (SSSR count). The summed E-state index contributed by atoms with van der Waals surface area (Å²) in [4.78, 5) is 0. The van der Waals surface area contributed by atoms with Gasteiger partial charge in [-0.1, -0.05) is 24.3 Å². The van der Waals surface area contributed by atoms with Crippen LogP contribution in [-0.2, 0) is 19.5 Å². The second kappa shape index (κ2) is 3.53. The molecular formula is C7H9ClRh. The molecule has 53 valence electrons. The van der Waals surface area contributed by atoms with Gasteiger partial charge in [0.25, 0.3) is 0 Å². The smallest absolute Gasteiger partial charge is 0 e. The molecule has 0 nitrogen and oxygen atoms in total. The summed E-state index contributed by atoms with van der Waals surface area (Å²) in [5.41, 5.74) is 0. The maximum atomic E-state index is 2.30. The largest absolute Gasteiger partial charge is 0.147 e. The van der Waals surface area contributed by atoms with Gasteiger partial charge in [0.1, 0.15) is 0 Å². The molecule has 0 aromatic heterocycles. The molecule has 2 heteroatoms. The summed E-state index contributed by atoms with van der Waals surface area (Å²) in [7, 11) is 0. The number of hydrogen-bond acceptors (Lipinski definition) is 0. The van der Waals surface area contributed by atoms with Crippen LogP contribution in [-0.4, -0.2) is 0 Å². The predicted molar refractivity (Wildman–Crippen MR) is 37.1 cm³/mol. The molecule has 0 saturated heterocycles. The average molecular weight is 232 g/mol. The molecule has 0 N–H and O–H groups in total. The minimum Gasteiger partial charge on any atom is -0.147 e. The van der Waals surface area contributed by atoms with Gasteiger partial charge in [-0.3, -0.25) is 0 Å². The third-order valence-corrected chi connectivity index (χ3v) is 1.76. The van der Waals surface area contributed by atoms with E-state index in [0.717, 1.165) is 11.8 Å². The van der Waals surface area contributed by atoms with E-state index >= 15 is 0 Å². The fourth-order valence-electron chi connectivity index (χ4n) is 1.33. The van der Waals surface area contributed by atoms with Gasteiger partial charge in [0.05, 0.1) is 0 Å². The Bertz CT molecular complexity index is 112. The topological polar surface area (TPSA) is 0 Å². The minimum atomic E-state index is 0. The summed E-state index contributed by atoms with van der Waals surface area (Å²) in [5.74, 6) is 1.62. The van der Waals surface area contributed by atoms with Gasteiger partial charge < -0.3 is 0 Å². The minimum absolute atomic E-state index is 0. The van der Waals surface area contributed by atoms with Crippen molar-refractivity contribution in [1.29, 1.82) is 0 Å². The van der Waals surface area contributed by atoms with Crippen molar-refractivity contribution in [3.63, 3.8) is 0 Å². The Labute approximate surface area is 74.6 Å². The summed E-state index contributed by atoms with van der Waals surface area (Å²) < 4.78 is 0. The molecule has 0 spiro atoms. The van der Waals surface area contributed by atoms with Crippen LogP contribution in [0.2, 0.25) is 0 Å². The normalized spacial score (nSPS) is 33.8. The first-order chi connectivity index (χ1) is 3.45. The molecule has 1 radical (unpaired) electrons. The van der Waals surface area contributed by atoms with E-state index in [0.29, 0.717) is 0 Å². The van der Waals surface area contributed by atoms with Crippen molar-refractivity contribution in [3.8, 4) is 0 Å². The second-order valence-electron chi connectivity index (χ2n) is 2.33. The molecule has 9 heavy (non-hydrogen) atoms. The first kappa shape index (κ1) is 9.39. The van der Waals surface area contributed by atoms with Crippen LogP contribution in [0.4, 0.5) is 0 Å². The first-order valence-electron chi connectivity index (χ1n) is 2.82.